The fourth-order valence-electron chi connectivity index (χ4n) is 3.87. The Bertz CT molecular complexity index is 1050. The summed E-state index contributed by atoms with van der Waals surface area (Å²) in [5.74, 6) is 1.29. The second-order valence-corrected chi connectivity index (χ2v) is 8.36. The lowest BCUT2D eigenvalue weighted by Gasteiger charge is -2.32. The quantitative estimate of drug-likeness (QED) is 0.533. The molecule has 0 atom stereocenters. The lowest BCUT2D eigenvalue weighted by Crippen LogP contribution is -2.45. The molecule has 0 saturated carbocycles. The van der Waals surface area contributed by atoms with Gasteiger partial charge in [0.2, 0.25) is 5.95 Å². The number of likely N-dealkylation sites (N-methyl/N-ethyl adjacent to an activating group) is 1. The Morgan fingerprint density at radius 1 is 0.879 bits per heavy atom. The Labute approximate surface area is 191 Å². The van der Waals surface area contributed by atoms with Gasteiger partial charge in [-0.3, -0.25) is 4.90 Å². The molecule has 1 aliphatic heterocycles. The Balaban J connectivity index is 1.36. The van der Waals surface area contributed by atoms with Crippen LogP contribution in [0.3, 0.4) is 0 Å². The van der Waals surface area contributed by atoms with Crippen molar-refractivity contribution in [1.29, 1.82) is 0 Å². The van der Waals surface area contributed by atoms with Crippen molar-refractivity contribution in [3.8, 4) is 0 Å². The monoisotopic (exact) mass is 458 g/mol. The summed E-state index contributed by atoms with van der Waals surface area (Å²) < 4.78 is 38.2. The Kier molecular flexibility index (Phi) is 7.29. The van der Waals surface area contributed by atoms with E-state index in [0.29, 0.717) is 18.9 Å². The lowest BCUT2D eigenvalue weighted by molar-refractivity contribution is -0.137. The number of piperazine rings is 1. The van der Waals surface area contributed by atoms with Crippen LogP contribution in [0.2, 0.25) is 0 Å². The first-order chi connectivity index (χ1) is 15.9. The number of nitrogens with one attached hydrogen (secondary N) is 2. The van der Waals surface area contributed by atoms with Crippen molar-refractivity contribution in [3.05, 3.63) is 59.7 Å². The third-order valence-electron chi connectivity index (χ3n) is 5.90. The van der Waals surface area contributed by atoms with E-state index in [0.717, 1.165) is 73.7 Å². The number of hydrogen-bond acceptors (Lipinski definition) is 6. The summed E-state index contributed by atoms with van der Waals surface area (Å²) in [6, 6.07) is 13.1. The molecule has 1 aromatic heterocycles. The minimum Gasteiger partial charge on any atom is -0.368 e. The summed E-state index contributed by atoms with van der Waals surface area (Å²) in [5.41, 5.74) is 1.03. The average molecular weight is 459 g/mol. The predicted molar refractivity (Wildman–Crippen MR) is 126 cm³/mol. The van der Waals surface area contributed by atoms with Gasteiger partial charge < -0.3 is 15.5 Å². The molecule has 0 radical (unpaired) electrons. The zero-order valence-corrected chi connectivity index (χ0v) is 18.7. The van der Waals surface area contributed by atoms with Crippen LogP contribution < -0.4 is 10.6 Å². The number of fused-ring (bicyclic) bond motifs is 1. The fourth-order valence-corrected chi connectivity index (χ4v) is 3.87. The lowest BCUT2D eigenvalue weighted by atomic mass is 10.1. The van der Waals surface area contributed by atoms with Crippen LogP contribution in [0.15, 0.2) is 48.5 Å². The minimum atomic E-state index is -4.32. The van der Waals surface area contributed by atoms with Gasteiger partial charge in [0.1, 0.15) is 5.82 Å². The molecule has 9 heteroatoms. The van der Waals surface area contributed by atoms with Crippen LogP contribution in [0, 0.1) is 0 Å². The fraction of sp³-hybridized carbons (Fsp3) is 0.417. The first-order valence-electron chi connectivity index (χ1n) is 11.2. The summed E-state index contributed by atoms with van der Waals surface area (Å²) in [5, 5.41) is 7.64. The number of rotatable bonds is 8. The highest BCUT2D eigenvalue weighted by atomic mass is 19.4. The van der Waals surface area contributed by atoms with Gasteiger partial charge in [0.15, 0.2) is 0 Å². The molecule has 0 spiro atoms. The van der Waals surface area contributed by atoms with Crippen LogP contribution in [0.4, 0.5) is 24.9 Å². The summed E-state index contributed by atoms with van der Waals surface area (Å²) in [7, 11) is 2.15. The van der Waals surface area contributed by atoms with Crippen molar-refractivity contribution in [3.63, 3.8) is 0 Å². The Hall–Kier alpha value is -2.91. The summed E-state index contributed by atoms with van der Waals surface area (Å²) >= 11 is 0. The molecule has 0 aliphatic carbocycles. The number of aromatic nitrogens is 2. The van der Waals surface area contributed by atoms with E-state index in [1.165, 1.54) is 12.1 Å². The van der Waals surface area contributed by atoms with E-state index >= 15 is 0 Å². The van der Waals surface area contributed by atoms with Gasteiger partial charge in [0.25, 0.3) is 0 Å². The number of benzene rings is 2. The summed E-state index contributed by atoms with van der Waals surface area (Å²) in [4.78, 5) is 14.0. The van der Waals surface area contributed by atoms with Gasteiger partial charge in [-0.2, -0.15) is 18.2 Å². The number of anilines is 2. The molecule has 33 heavy (non-hydrogen) atoms. The number of hydrogen-bond donors (Lipinski definition) is 2. The zero-order valence-electron chi connectivity index (χ0n) is 18.7. The van der Waals surface area contributed by atoms with E-state index in [1.54, 1.807) is 0 Å². The number of alkyl halides is 3. The zero-order chi connectivity index (χ0) is 23.3. The van der Waals surface area contributed by atoms with Gasteiger partial charge in [-0.1, -0.05) is 24.3 Å². The van der Waals surface area contributed by atoms with Crippen molar-refractivity contribution < 1.29 is 13.2 Å². The molecule has 1 fully saturated rings. The highest BCUT2D eigenvalue weighted by Crippen LogP contribution is 2.29. The molecule has 2 N–H and O–H groups in total. The molecule has 0 amide bonds. The number of halogens is 3. The third kappa shape index (κ3) is 6.33. The molecule has 6 nitrogen and oxygen atoms in total. The van der Waals surface area contributed by atoms with Crippen LogP contribution >= 0.6 is 0 Å². The van der Waals surface area contributed by atoms with E-state index in [-0.39, 0.29) is 0 Å². The maximum Gasteiger partial charge on any atom is 0.416 e. The number of nitrogens with zero attached hydrogens (tertiary/aromatic N) is 4. The molecule has 2 heterocycles. The van der Waals surface area contributed by atoms with Gasteiger partial charge >= 0.3 is 6.18 Å². The highest BCUT2D eigenvalue weighted by Gasteiger charge is 2.29. The van der Waals surface area contributed by atoms with Gasteiger partial charge in [-0.25, -0.2) is 4.98 Å². The highest BCUT2D eigenvalue weighted by molar-refractivity contribution is 5.90. The van der Waals surface area contributed by atoms with Crippen molar-refractivity contribution in [1.82, 2.24) is 19.8 Å². The Morgan fingerprint density at radius 3 is 2.33 bits per heavy atom. The minimum absolute atomic E-state index is 0.503. The standard InChI is InChI=1S/C24H29F3N6/c1-32-14-16-33(17-15-32)13-12-28-22-20-4-2-3-5-21(20)30-23(31-22)29-11-10-18-6-8-19(9-7-18)24(25,26)27/h2-9H,10-17H2,1H3,(H2,28,29,30,31). The van der Waals surface area contributed by atoms with Crippen LogP contribution in [-0.4, -0.2) is 72.6 Å². The van der Waals surface area contributed by atoms with E-state index in [1.807, 2.05) is 24.3 Å². The van der Waals surface area contributed by atoms with Crippen LogP contribution in [0.5, 0.6) is 0 Å². The van der Waals surface area contributed by atoms with E-state index in [4.69, 9.17) is 0 Å². The molecule has 4 rings (SSSR count). The van der Waals surface area contributed by atoms with Crippen molar-refractivity contribution in [2.24, 2.45) is 0 Å². The maximum absolute atomic E-state index is 12.7. The van der Waals surface area contributed by atoms with Crippen LogP contribution in [0.25, 0.3) is 10.9 Å². The molecule has 0 unspecified atom stereocenters. The first-order valence-corrected chi connectivity index (χ1v) is 11.2. The van der Waals surface area contributed by atoms with Gasteiger partial charge in [-0.15, -0.1) is 0 Å². The molecular weight excluding hydrogens is 429 g/mol. The van der Waals surface area contributed by atoms with Crippen molar-refractivity contribution >= 4 is 22.7 Å². The molecule has 3 aromatic rings. The van der Waals surface area contributed by atoms with Crippen LogP contribution in [0.1, 0.15) is 11.1 Å². The second kappa shape index (κ2) is 10.4. The largest absolute Gasteiger partial charge is 0.416 e. The molecule has 1 saturated heterocycles. The molecule has 176 valence electrons. The third-order valence-corrected chi connectivity index (χ3v) is 5.90. The molecule has 2 aromatic carbocycles. The van der Waals surface area contributed by atoms with Crippen LogP contribution in [-0.2, 0) is 12.6 Å². The second-order valence-electron chi connectivity index (χ2n) is 8.36. The van der Waals surface area contributed by atoms with Crippen molar-refractivity contribution in [2.45, 2.75) is 12.6 Å². The van der Waals surface area contributed by atoms with E-state index < -0.39 is 11.7 Å². The average Bonchev–Trinajstić information content (AvgIpc) is 2.80. The van der Waals surface area contributed by atoms with E-state index in [9.17, 15) is 13.2 Å². The summed E-state index contributed by atoms with van der Waals surface area (Å²) in [6.07, 6.45) is -3.75. The van der Waals surface area contributed by atoms with Gasteiger partial charge in [0, 0.05) is 51.2 Å². The van der Waals surface area contributed by atoms with E-state index in [2.05, 4.69) is 37.4 Å². The SMILES string of the molecule is CN1CCN(CCNc2nc(NCCc3ccc(C(F)(F)F)cc3)nc3ccccc23)CC1. The molecule has 0 bridgehead atoms. The predicted octanol–water partition coefficient (Wildman–Crippen LogP) is 3.96. The van der Waals surface area contributed by atoms with Crippen molar-refractivity contribution in [2.75, 3.05) is 63.5 Å². The Morgan fingerprint density at radius 2 is 1.61 bits per heavy atom. The summed E-state index contributed by atoms with van der Waals surface area (Å²) in [6.45, 7) is 6.56. The molecule has 1 aliphatic rings. The number of para-hydroxylation sites is 1. The topological polar surface area (TPSA) is 56.3 Å². The molecular formula is C24H29F3N6. The normalized spacial score (nSPS) is 15.6. The first kappa shape index (κ1) is 23.3. The maximum atomic E-state index is 12.7. The van der Waals surface area contributed by atoms with Gasteiger partial charge in [0.05, 0.1) is 11.1 Å². The van der Waals surface area contributed by atoms with Gasteiger partial charge in [-0.05, 0) is 43.3 Å². The smallest absolute Gasteiger partial charge is 0.368 e.